The molecule has 0 fully saturated rings. The van der Waals surface area contributed by atoms with Crippen molar-refractivity contribution in [1.82, 2.24) is 9.72 Å². The van der Waals surface area contributed by atoms with Crippen molar-refractivity contribution in [2.24, 2.45) is 4.99 Å². The normalized spacial score (nSPS) is 14.3. The number of ether oxygens (including phenoxy) is 2. The quantitative estimate of drug-likeness (QED) is 0.713. The Morgan fingerprint density at radius 1 is 1.29 bits per heavy atom. The lowest BCUT2D eigenvalue weighted by Crippen LogP contribution is -2.17. The summed E-state index contributed by atoms with van der Waals surface area (Å²) in [5.41, 5.74) is 1.17. The maximum Gasteiger partial charge on any atom is 0.301 e. The van der Waals surface area contributed by atoms with Crippen LogP contribution in [0.25, 0.3) is 10.2 Å². The Hall–Kier alpha value is -2.61. The Kier molecular flexibility index (Phi) is 3.61. The van der Waals surface area contributed by atoms with Crippen LogP contribution >= 0.6 is 11.3 Å². The van der Waals surface area contributed by atoms with Gasteiger partial charge in [-0.2, -0.15) is 4.99 Å². The molecule has 1 aromatic carbocycles. The average Bonchev–Trinajstić information content (AvgIpc) is 3.15. The van der Waals surface area contributed by atoms with Crippen LogP contribution in [0.15, 0.2) is 27.7 Å². The summed E-state index contributed by atoms with van der Waals surface area (Å²) < 4.78 is 19.2. The van der Waals surface area contributed by atoms with Gasteiger partial charge in [0.1, 0.15) is 19.0 Å². The fourth-order valence-electron chi connectivity index (χ4n) is 2.61. The fraction of sp³-hybridized carbons (Fsp3) is 0.312. The van der Waals surface area contributed by atoms with E-state index in [0.717, 1.165) is 21.7 Å². The second-order valence-electron chi connectivity index (χ2n) is 5.33. The zero-order valence-corrected chi connectivity index (χ0v) is 14.1. The first-order chi connectivity index (χ1) is 11.7. The maximum absolute atomic E-state index is 12.3. The number of hydrogen-bond donors (Lipinski definition) is 0. The van der Waals surface area contributed by atoms with Gasteiger partial charge in [-0.25, -0.2) is 0 Å². The van der Waals surface area contributed by atoms with Crippen LogP contribution in [-0.2, 0) is 6.54 Å². The van der Waals surface area contributed by atoms with Crippen LogP contribution < -0.4 is 14.3 Å². The summed E-state index contributed by atoms with van der Waals surface area (Å²) >= 11 is 1.43. The maximum atomic E-state index is 12.3. The molecule has 1 amide bonds. The van der Waals surface area contributed by atoms with Crippen molar-refractivity contribution in [2.45, 2.75) is 20.4 Å². The molecule has 3 heterocycles. The van der Waals surface area contributed by atoms with Gasteiger partial charge in [0.2, 0.25) is 0 Å². The number of benzene rings is 1. The van der Waals surface area contributed by atoms with Crippen LogP contribution in [0.3, 0.4) is 0 Å². The lowest BCUT2D eigenvalue weighted by atomic mass is 10.2. The third-order valence-electron chi connectivity index (χ3n) is 3.71. The van der Waals surface area contributed by atoms with Gasteiger partial charge in [-0.1, -0.05) is 16.5 Å². The number of aromatic nitrogens is 2. The molecule has 0 atom stereocenters. The van der Waals surface area contributed by atoms with Crippen molar-refractivity contribution < 1.29 is 18.8 Å². The zero-order valence-electron chi connectivity index (χ0n) is 13.2. The Labute approximate surface area is 141 Å². The minimum absolute atomic E-state index is 0.207. The highest BCUT2D eigenvalue weighted by atomic mass is 32.1. The molecule has 0 aliphatic carbocycles. The largest absolute Gasteiger partial charge is 0.486 e. The highest BCUT2D eigenvalue weighted by Crippen LogP contribution is 2.35. The molecule has 124 valence electrons. The third-order valence-corrected chi connectivity index (χ3v) is 4.75. The van der Waals surface area contributed by atoms with E-state index in [0.29, 0.717) is 30.3 Å². The van der Waals surface area contributed by atoms with E-state index in [1.807, 2.05) is 23.6 Å². The second kappa shape index (κ2) is 5.79. The number of nitrogens with zero attached hydrogens (tertiary/aromatic N) is 3. The van der Waals surface area contributed by atoms with E-state index in [2.05, 4.69) is 10.1 Å². The molecule has 0 saturated heterocycles. The van der Waals surface area contributed by atoms with Crippen molar-refractivity contribution in [1.29, 1.82) is 0 Å². The summed E-state index contributed by atoms with van der Waals surface area (Å²) in [6.45, 7) is 5.51. The molecular weight excluding hydrogens is 330 g/mol. The van der Waals surface area contributed by atoms with Gasteiger partial charge in [0.15, 0.2) is 22.0 Å². The van der Waals surface area contributed by atoms with E-state index in [1.54, 1.807) is 13.0 Å². The molecule has 0 spiro atoms. The fourth-order valence-corrected chi connectivity index (χ4v) is 3.71. The van der Waals surface area contributed by atoms with E-state index < -0.39 is 5.91 Å². The van der Waals surface area contributed by atoms with Crippen LogP contribution in [0, 0.1) is 6.92 Å². The van der Waals surface area contributed by atoms with Gasteiger partial charge in [-0.15, -0.1) is 0 Å². The zero-order chi connectivity index (χ0) is 16.7. The number of rotatable bonds is 2. The van der Waals surface area contributed by atoms with Crippen molar-refractivity contribution >= 4 is 27.5 Å². The van der Waals surface area contributed by atoms with E-state index in [4.69, 9.17) is 14.0 Å². The molecule has 1 aliphatic heterocycles. The summed E-state index contributed by atoms with van der Waals surface area (Å²) in [5.74, 6) is 1.61. The van der Waals surface area contributed by atoms with Gasteiger partial charge in [-0.05, 0) is 13.8 Å². The molecule has 7 nitrogen and oxygen atoms in total. The van der Waals surface area contributed by atoms with Gasteiger partial charge in [-0.3, -0.25) is 4.79 Å². The SMILES string of the molecule is CCn1c(=NC(=O)c2cc(C)on2)sc2cc3c(cc21)OCCO3. The standard InChI is InChI=1S/C16H15N3O4S/c1-3-19-11-7-12-13(22-5-4-21-12)8-14(11)24-16(19)17-15(20)10-6-9(2)23-18-10/h6-8H,3-5H2,1-2H3. The minimum Gasteiger partial charge on any atom is -0.486 e. The van der Waals surface area contributed by atoms with Crippen molar-refractivity contribution in [3.05, 3.63) is 34.5 Å². The Bertz CT molecular complexity index is 999. The van der Waals surface area contributed by atoms with Crippen molar-refractivity contribution in [3.63, 3.8) is 0 Å². The van der Waals surface area contributed by atoms with Crippen LogP contribution in [0.5, 0.6) is 11.5 Å². The number of fused-ring (bicyclic) bond motifs is 2. The molecule has 4 rings (SSSR count). The monoisotopic (exact) mass is 345 g/mol. The predicted molar refractivity (Wildman–Crippen MR) is 87.6 cm³/mol. The molecule has 3 aromatic rings. The van der Waals surface area contributed by atoms with Gasteiger partial charge >= 0.3 is 5.91 Å². The summed E-state index contributed by atoms with van der Waals surface area (Å²) in [7, 11) is 0. The third kappa shape index (κ3) is 2.48. The van der Waals surface area contributed by atoms with Gasteiger partial charge in [0.05, 0.1) is 10.2 Å². The lowest BCUT2D eigenvalue weighted by molar-refractivity contribution is 0.0989. The smallest absolute Gasteiger partial charge is 0.301 e. The highest BCUT2D eigenvalue weighted by Gasteiger charge is 2.17. The average molecular weight is 345 g/mol. The van der Waals surface area contributed by atoms with Crippen LogP contribution in [0.1, 0.15) is 23.2 Å². The van der Waals surface area contributed by atoms with Crippen molar-refractivity contribution in [2.75, 3.05) is 13.2 Å². The topological polar surface area (TPSA) is 78.9 Å². The molecule has 0 bridgehead atoms. The molecule has 8 heteroatoms. The summed E-state index contributed by atoms with van der Waals surface area (Å²) in [5, 5.41) is 3.72. The van der Waals surface area contributed by atoms with E-state index >= 15 is 0 Å². The van der Waals surface area contributed by atoms with E-state index in [-0.39, 0.29) is 5.69 Å². The van der Waals surface area contributed by atoms with Crippen LogP contribution in [0.4, 0.5) is 0 Å². The molecule has 0 radical (unpaired) electrons. The number of carbonyl (C=O) groups is 1. The lowest BCUT2D eigenvalue weighted by Gasteiger charge is -2.18. The summed E-state index contributed by atoms with van der Waals surface area (Å²) in [6, 6.07) is 5.45. The predicted octanol–water partition coefficient (Wildman–Crippen LogP) is 2.53. The first kappa shape index (κ1) is 14.9. The molecule has 0 N–H and O–H groups in total. The molecular formula is C16H15N3O4S. The van der Waals surface area contributed by atoms with Gasteiger partial charge < -0.3 is 18.6 Å². The Morgan fingerprint density at radius 2 is 2.04 bits per heavy atom. The number of aryl methyl sites for hydroxylation is 2. The molecule has 0 saturated carbocycles. The highest BCUT2D eigenvalue weighted by molar-refractivity contribution is 7.16. The summed E-state index contributed by atoms with van der Waals surface area (Å²) in [6.07, 6.45) is 0. The van der Waals surface area contributed by atoms with E-state index in [9.17, 15) is 4.79 Å². The minimum atomic E-state index is -0.419. The number of thiazole rings is 1. The van der Waals surface area contributed by atoms with Gasteiger partial charge in [0, 0.05) is 24.7 Å². The summed E-state index contributed by atoms with van der Waals surface area (Å²) in [4.78, 5) is 17.1. The van der Waals surface area contributed by atoms with Gasteiger partial charge in [0.25, 0.3) is 0 Å². The number of amides is 1. The number of hydrogen-bond acceptors (Lipinski definition) is 6. The molecule has 24 heavy (non-hydrogen) atoms. The van der Waals surface area contributed by atoms with E-state index in [1.165, 1.54) is 11.3 Å². The van der Waals surface area contributed by atoms with Crippen LogP contribution in [0.2, 0.25) is 0 Å². The first-order valence-electron chi connectivity index (χ1n) is 7.61. The molecule has 0 unspecified atom stereocenters. The second-order valence-corrected chi connectivity index (χ2v) is 6.34. The Balaban J connectivity index is 1.85. The Morgan fingerprint density at radius 3 is 2.71 bits per heavy atom. The molecule has 2 aromatic heterocycles. The van der Waals surface area contributed by atoms with Crippen molar-refractivity contribution in [3.8, 4) is 11.5 Å². The number of carbonyl (C=O) groups excluding carboxylic acids is 1. The molecule has 1 aliphatic rings. The first-order valence-corrected chi connectivity index (χ1v) is 8.42. The van der Waals surface area contributed by atoms with Crippen LogP contribution in [-0.4, -0.2) is 28.8 Å².